The van der Waals surface area contributed by atoms with E-state index >= 15 is 0 Å². The van der Waals surface area contributed by atoms with Crippen molar-refractivity contribution in [1.82, 2.24) is 14.9 Å². The van der Waals surface area contributed by atoms with E-state index in [9.17, 15) is 4.79 Å². The predicted octanol–water partition coefficient (Wildman–Crippen LogP) is 0.0370. The highest BCUT2D eigenvalue weighted by atomic mass is 16.1. The monoisotopic (exact) mass is 208 g/mol. The summed E-state index contributed by atoms with van der Waals surface area (Å²) in [6.07, 6.45) is 4.36. The average molecular weight is 208 g/mol. The molecule has 1 fully saturated rings. The van der Waals surface area contributed by atoms with Crippen molar-refractivity contribution < 1.29 is 0 Å². The molecule has 2 heterocycles. The zero-order valence-corrected chi connectivity index (χ0v) is 8.86. The van der Waals surface area contributed by atoms with Gasteiger partial charge >= 0.3 is 0 Å². The van der Waals surface area contributed by atoms with Crippen LogP contribution in [0, 0.1) is 0 Å². The van der Waals surface area contributed by atoms with Gasteiger partial charge in [0.25, 0.3) is 5.56 Å². The van der Waals surface area contributed by atoms with Crippen molar-refractivity contribution in [1.29, 1.82) is 0 Å². The molecule has 1 saturated heterocycles. The van der Waals surface area contributed by atoms with Crippen molar-refractivity contribution in [2.75, 3.05) is 18.4 Å². The van der Waals surface area contributed by atoms with Crippen molar-refractivity contribution in [3.63, 3.8) is 0 Å². The van der Waals surface area contributed by atoms with Crippen LogP contribution in [0.4, 0.5) is 5.82 Å². The molecule has 1 aromatic rings. The summed E-state index contributed by atoms with van der Waals surface area (Å²) in [4.78, 5) is 15.9. The van der Waals surface area contributed by atoms with E-state index in [2.05, 4.69) is 22.5 Å². The van der Waals surface area contributed by atoms with Crippen LogP contribution >= 0.6 is 0 Å². The van der Waals surface area contributed by atoms with E-state index in [0.717, 1.165) is 26.1 Å². The number of aromatic nitrogens is 2. The Labute approximate surface area is 88.5 Å². The Hall–Kier alpha value is -1.36. The maximum Gasteiger partial charge on any atom is 0.293 e. The van der Waals surface area contributed by atoms with E-state index in [1.54, 1.807) is 17.0 Å². The third-order valence-electron chi connectivity index (χ3n) is 2.50. The van der Waals surface area contributed by atoms with Gasteiger partial charge in [-0.3, -0.25) is 4.79 Å². The van der Waals surface area contributed by atoms with Gasteiger partial charge in [0.15, 0.2) is 5.82 Å². The summed E-state index contributed by atoms with van der Waals surface area (Å²) in [6.45, 7) is 4.61. The highest BCUT2D eigenvalue weighted by molar-refractivity contribution is 5.33. The van der Waals surface area contributed by atoms with Crippen molar-refractivity contribution in [3.05, 3.63) is 22.7 Å². The van der Waals surface area contributed by atoms with Crippen molar-refractivity contribution >= 4 is 5.82 Å². The molecule has 1 aromatic heterocycles. The van der Waals surface area contributed by atoms with E-state index in [0.29, 0.717) is 11.9 Å². The van der Waals surface area contributed by atoms with Crippen molar-refractivity contribution in [3.8, 4) is 0 Å². The number of hydrogen-bond donors (Lipinski definition) is 2. The Kier molecular flexibility index (Phi) is 3.01. The fourth-order valence-electron chi connectivity index (χ4n) is 1.55. The molecule has 0 aliphatic carbocycles. The molecular weight excluding hydrogens is 192 g/mol. The molecule has 5 nitrogen and oxygen atoms in total. The standard InChI is InChI=1S/C10H16N4O/c1-2-4-14-5-3-12-9(10(14)15)13-8-6-11-7-8/h3,5,8,11H,2,4,6-7H2,1H3,(H,12,13). The lowest BCUT2D eigenvalue weighted by molar-refractivity contribution is 0.469. The Morgan fingerprint density at radius 3 is 3.07 bits per heavy atom. The topological polar surface area (TPSA) is 59.0 Å². The zero-order valence-electron chi connectivity index (χ0n) is 8.86. The molecule has 0 saturated carbocycles. The molecule has 1 aliphatic heterocycles. The highest BCUT2D eigenvalue weighted by Gasteiger charge is 2.18. The smallest absolute Gasteiger partial charge is 0.293 e. The number of nitrogens with zero attached hydrogens (tertiary/aromatic N) is 2. The van der Waals surface area contributed by atoms with Gasteiger partial charge in [0.2, 0.25) is 0 Å². The van der Waals surface area contributed by atoms with Crippen LogP contribution in [0.1, 0.15) is 13.3 Å². The summed E-state index contributed by atoms with van der Waals surface area (Å²) in [5, 5.41) is 6.28. The van der Waals surface area contributed by atoms with Gasteiger partial charge in [-0.2, -0.15) is 0 Å². The van der Waals surface area contributed by atoms with Crippen LogP contribution in [-0.4, -0.2) is 28.7 Å². The molecule has 2 rings (SSSR count). The van der Waals surface area contributed by atoms with Gasteiger partial charge in [-0.05, 0) is 6.42 Å². The van der Waals surface area contributed by atoms with Crippen LogP contribution < -0.4 is 16.2 Å². The second kappa shape index (κ2) is 4.44. The van der Waals surface area contributed by atoms with E-state index < -0.39 is 0 Å². The van der Waals surface area contributed by atoms with E-state index in [-0.39, 0.29) is 5.56 Å². The number of aryl methyl sites for hydroxylation is 1. The van der Waals surface area contributed by atoms with Crippen LogP contribution in [0.2, 0.25) is 0 Å². The van der Waals surface area contributed by atoms with Crippen molar-refractivity contribution in [2.24, 2.45) is 0 Å². The molecule has 0 spiro atoms. The third kappa shape index (κ3) is 2.18. The molecule has 15 heavy (non-hydrogen) atoms. The summed E-state index contributed by atoms with van der Waals surface area (Å²) in [6, 6.07) is 0.350. The molecule has 0 aromatic carbocycles. The first-order chi connectivity index (χ1) is 7.31. The largest absolute Gasteiger partial charge is 0.360 e. The van der Waals surface area contributed by atoms with Gasteiger partial charge in [0, 0.05) is 32.0 Å². The molecule has 0 bridgehead atoms. The minimum absolute atomic E-state index is 0.0220. The van der Waals surface area contributed by atoms with Crippen LogP contribution in [0.5, 0.6) is 0 Å². The lowest BCUT2D eigenvalue weighted by Crippen LogP contribution is -2.52. The maximum atomic E-state index is 11.9. The Bertz CT molecular complexity index is 383. The van der Waals surface area contributed by atoms with Crippen LogP contribution in [0.25, 0.3) is 0 Å². The van der Waals surface area contributed by atoms with Gasteiger partial charge in [-0.25, -0.2) is 4.98 Å². The molecule has 82 valence electrons. The summed E-state index contributed by atoms with van der Waals surface area (Å²) in [5.41, 5.74) is -0.0220. The van der Waals surface area contributed by atoms with Gasteiger partial charge < -0.3 is 15.2 Å². The normalized spacial score (nSPS) is 16.1. The number of nitrogens with one attached hydrogen (secondary N) is 2. The van der Waals surface area contributed by atoms with E-state index in [1.165, 1.54) is 0 Å². The Morgan fingerprint density at radius 2 is 2.47 bits per heavy atom. The SMILES string of the molecule is CCCn1ccnc(NC2CNC2)c1=O. The summed E-state index contributed by atoms with van der Waals surface area (Å²) in [7, 11) is 0. The number of hydrogen-bond acceptors (Lipinski definition) is 4. The minimum atomic E-state index is -0.0220. The molecule has 0 atom stereocenters. The first-order valence-electron chi connectivity index (χ1n) is 5.34. The van der Waals surface area contributed by atoms with Gasteiger partial charge in [-0.1, -0.05) is 6.92 Å². The van der Waals surface area contributed by atoms with Crippen LogP contribution in [-0.2, 0) is 6.54 Å². The molecule has 2 N–H and O–H groups in total. The zero-order chi connectivity index (χ0) is 10.7. The third-order valence-corrected chi connectivity index (χ3v) is 2.50. The quantitative estimate of drug-likeness (QED) is 0.733. The van der Waals surface area contributed by atoms with Crippen molar-refractivity contribution in [2.45, 2.75) is 25.9 Å². The fourth-order valence-corrected chi connectivity index (χ4v) is 1.55. The summed E-state index contributed by atoms with van der Waals surface area (Å²) < 4.78 is 1.70. The summed E-state index contributed by atoms with van der Waals surface area (Å²) in [5.74, 6) is 0.470. The first-order valence-corrected chi connectivity index (χ1v) is 5.34. The predicted molar refractivity (Wildman–Crippen MR) is 59.1 cm³/mol. The fraction of sp³-hybridized carbons (Fsp3) is 0.600. The Balaban J connectivity index is 2.15. The van der Waals surface area contributed by atoms with Crippen LogP contribution in [0.3, 0.4) is 0 Å². The lowest BCUT2D eigenvalue weighted by Gasteiger charge is -2.28. The van der Waals surface area contributed by atoms with Gasteiger partial charge in [0.05, 0.1) is 6.04 Å². The maximum absolute atomic E-state index is 11.9. The molecule has 0 unspecified atom stereocenters. The summed E-state index contributed by atoms with van der Waals surface area (Å²) >= 11 is 0. The second-order valence-electron chi connectivity index (χ2n) is 3.77. The first kappa shape index (κ1) is 10.2. The van der Waals surface area contributed by atoms with Gasteiger partial charge in [-0.15, -0.1) is 0 Å². The number of rotatable bonds is 4. The molecule has 0 radical (unpaired) electrons. The highest BCUT2D eigenvalue weighted by Crippen LogP contribution is 2.00. The van der Waals surface area contributed by atoms with E-state index in [1.807, 2.05) is 0 Å². The van der Waals surface area contributed by atoms with Gasteiger partial charge in [0.1, 0.15) is 0 Å². The Morgan fingerprint density at radius 1 is 1.67 bits per heavy atom. The van der Waals surface area contributed by atoms with Crippen LogP contribution in [0.15, 0.2) is 17.2 Å². The number of anilines is 1. The molecule has 0 amide bonds. The molecular formula is C10H16N4O. The molecule has 5 heteroatoms. The minimum Gasteiger partial charge on any atom is -0.360 e. The molecule has 1 aliphatic rings. The lowest BCUT2D eigenvalue weighted by atomic mass is 10.2. The second-order valence-corrected chi connectivity index (χ2v) is 3.77. The average Bonchev–Trinajstić information content (AvgIpc) is 2.17. The van der Waals surface area contributed by atoms with E-state index in [4.69, 9.17) is 0 Å².